The van der Waals surface area contributed by atoms with Crippen LogP contribution in [0.1, 0.15) is 12.5 Å². The first-order chi connectivity index (χ1) is 11.5. The highest BCUT2D eigenvalue weighted by atomic mass is 16.5. The summed E-state index contributed by atoms with van der Waals surface area (Å²) in [5.41, 5.74) is 0.709. The Labute approximate surface area is 141 Å². The van der Waals surface area contributed by atoms with E-state index in [0.29, 0.717) is 30.2 Å². The summed E-state index contributed by atoms with van der Waals surface area (Å²) < 4.78 is 20.2. The molecule has 0 saturated heterocycles. The number of nitrogens with one attached hydrogen (secondary N) is 1. The van der Waals surface area contributed by atoms with Crippen LogP contribution >= 0.6 is 0 Å². The van der Waals surface area contributed by atoms with Crippen LogP contribution in [0.5, 0.6) is 11.5 Å². The molecule has 0 fully saturated rings. The van der Waals surface area contributed by atoms with Gasteiger partial charge in [-0.3, -0.25) is 4.79 Å². The first kappa shape index (κ1) is 19.5. The highest BCUT2D eigenvalue weighted by Crippen LogP contribution is 2.23. The van der Waals surface area contributed by atoms with Gasteiger partial charge in [-0.05, 0) is 30.7 Å². The first-order valence-corrected chi connectivity index (χ1v) is 7.38. The maximum absolute atomic E-state index is 11.8. The Kier molecular flexibility index (Phi) is 8.35. The molecular weight excluding hydrogens is 314 g/mol. The Bertz CT molecular complexity index is 562. The lowest BCUT2D eigenvalue weighted by atomic mass is 10.2. The molecule has 132 valence electrons. The molecule has 0 bridgehead atoms. The van der Waals surface area contributed by atoms with Crippen molar-refractivity contribution in [3.8, 4) is 11.5 Å². The van der Waals surface area contributed by atoms with Gasteiger partial charge >= 0.3 is 5.97 Å². The van der Waals surface area contributed by atoms with E-state index in [1.807, 2.05) is 0 Å². The first-order valence-electron chi connectivity index (χ1n) is 7.38. The summed E-state index contributed by atoms with van der Waals surface area (Å²) in [5.74, 6) is 0.213. The summed E-state index contributed by atoms with van der Waals surface area (Å²) in [5, 5.41) is 2.59. The number of carbonyl (C=O) groups is 2. The highest BCUT2D eigenvalue weighted by Gasteiger charge is 2.15. The topological polar surface area (TPSA) is 83.1 Å². The third-order valence-electron chi connectivity index (χ3n) is 3.05. The number of esters is 1. The fourth-order valence-electron chi connectivity index (χ4n) is 1.78. The van der Waals surface area contributed by atoms with Gasteiger partial charge in [-0.15, -0.1) is 0 Å². The lowest BCUT2D eigenvalue weighted by Crippen LogP contribution is -2.37. The molecule has 7 nitrogen and oxygen atoms in total. The van der Waals surface area contributed by atoms with Crippen molar-refractivity contribution in [2.24, 2.45) is 0 Å². The number of ether oxygens (including phenoxy) is 4. The molecule has 0 unspecified atom stereocenters. The number of rotatable bonds is 9. The Morgan fingerprint density at radius 1 is 1.12 bits per heavy atom. The van der Waals surface area contributed by atoms with Crippen LogP contribution in [0.2, 0.25) is 0 Å². The van der Waals surface area contributed by atoms with Gasteiger partial charge in [0.25, 0.3) is 5.91 Å². The van der Waals surface area contributed by atoms with Gasteiger partial charge < -0.3 is 24.3 Å². The number of hydrogen-bond donors (Lipinski definition) is 1. The van der Waals surface area contributed by atoms with E-state index >= 15 is 0 Å². The fourth-order valence-corrected chi connectivity index (χ4v) is 1.78. The molecule has 7 heteroatoms. The third kappa shape index (κ3) is 6.70. The molecule has 1 aromatic rings. The number of benzene rings is 1. The van der Waals surface area contributed by atoms with E-state index in [1.165, 1.54) is 20.1 Å². The molecular formula is C17H23NO6. The van der Waals surface area contributed by atoms with Crippen molar-refractivity contribution in [3.63, 3.8) is 0 Å². The molecule has 0 spiro atoms. The zero-order chi connectivity index (χ0) is 17.9. The Balaban J connectivity index is 2.60. The molecule has 0 aliphatic carbocycles. The van der Waals surface area contributed by atoms with Gasteiger partial charge in [-0.25, -0.2) is 4.79 Å². The van der Waals surface area contributed by atoms with Crippen LogP contribution in [0.4, 0.5) is 0 Å². The number of amides is 1. The minimum atomic E-state index is -0.890. The second-order valence-corrected chi connectivity index (χ2v) is 4.84. The lowest BCUT2D eigenvalue weighted by Gasteiger charge is -2.12. The summed E-state index contributed by atoms with van der Waals surface area (Å²) in [6.45, 7) is 2.25. The van der Waals surface area contributed by atoms with Crippen molar-refractivity contribution in [2.45, 2.75) is 13.0 Å². The Hall–Kier alpha value is -2.54. The summed E-state index contributed by atoms with van der Waals surface area (Å²) >= 11 is 0. The minimum absolute atomic E-state index is 0.358. The van der Waals surface area contributed by atoms with Crippen molar-refractivity contribution in [1.82, 2.24) is 5.32 Å². The Morgan fingerprint density at radius 2 is 1.75 bits per heavy atom. The monoisotopic (exact) mass is 337 g/mol. The smallest absolute Gasteiger partial charge is 0.331 e. The van der Waals surface area contributed by atoms with Crippen LogP contribution in [0.3, 0.4) is 0 Å². The maximum Gasteiger partial charge on any atom is 0.331 e. The molecule has 0 aliphatic heterocycles. The minimum Gasteiger partial charge on any atom is -0.497 e. The van der Waals surface area contributed by atoms with Gasteiger partial charge in [0, 0.05) is 25.8 Å². The standard InChI is InChI=1S/C17H23NO6/c1-12(17(20)18-7-8-21-2)24-16(19)6-5-13-9-14(22-3)11-15(10-13)23-4/h5-6,9-12H,7-8H2,1-4H3,(H,18,20)/b6-5+/t12-/m0/s1. The van der Waals surface area contributed by atoms with Gasteiger partial charge in [0.05, 0.1) is 20.8 Å². The van der Waals surface area contributed by atoms with Gasteiger partial charge in [-0.1, -0.05) is 0 Å². The summed E-state index contributed by atoms with van der Waals surface area (Å²) in [4.78, 5) is 23.5. The fraction of sp³-hybridized carbons (Fsp3) is 0.412. The van der Waals surface area contributed by atoms with Crippen molar-refractivity contribution < 1.29 is 28.5 Å². The van der Waals surface area contributed by atoms with E-state index in [2.05, 4.69) is 5.32 Å². The molecule has 1 amide bonds. The predicted octanol–water partition coefficient (Wildman–Crippen LogP) is 1.41. The van der Waals surface area contributed by atoms with Gasteiger partial charge in [0.15, 0.2) is 6.10 Å². The van der Waals surface area contributed by atoms with E-state index in [-0.39, 0.29) is 5.91 Å². The van der Waals surface area contributed by atoms with Gasteiger partial charge in [-0.2, -0.15) is 0 Å². The summed E-state index contributed by atoms with van der Waals surface area (Å²) in [7, 11) is 4.62. The predicted molar refractivity (Wildman–Crippen MR) is 89.0 cm³/mol. The molecule has 1 aromatic carbocycles. The molecule has 0 aromatic heterocycles. The Morgan fingerprint density at radius 3 is 2.29 bits per heavy atom. The van der Waals surface area contributed by atoms with Crippen molar-refractivity contribution in [3.05, 3.63) is 29.8 Å². The van der Waals surface area contributed by atoms with Crippen LogP contribution in [0, 0.1) is 0 Å². The largest absolute Gasteiger partial charge is 0.497 e. The van der Waals surface area contributed by atoms with Crippen molar-refractivity contribution in [2.75, 3.05) is 34.5 Å². The van der Waals surface area contributed by atoms with Crippen LogP contribution in [-0.4, -0.2) is 52.5 Å². The van der Waals surface area contributed by atoms with E-state index in [1.54, 1.807) is 38.5 Å². The van der Waals surface area contributed by atoms with Crippen molar-refractivity contribution in [1.29, 1.82) is 0 Å². The van der Waals surface area contributed by atoms with E-state index in [0.717, 1.165) is 0 Å². The van der Waals surface area contributed by atoms with E-state index in [4.69, 9.17) is 18.9 Å². The average Bonchev–Trinajstić information content (AvgIpc) is 2.59. The van der Waals surface area contributed by atoms with Crippen LogP contribution in [-0.2, 0) is 19.1 Å². The van der Waals surface area contributed by atoms with Gasteiger partial charge in [0.2, 0.25) is 0 Å². The number of methoxy groups -OCH3 is 3. The normalized spacial score (nSPS) is 11.8. The molecule has 24 heavy (non-hydrogen) atoms. The van der Waals surface area contributed by atoms with Crippen LogP contribution in [0.25, 0.3) is 6.08 Å². The quantitative estimate of drug-likeness (QED) is 0.417. The molecule has 1 rings (SSSR count). The van der Waals surface area contributed by atoms with Gasteiger partial charge in [0.1, 0.15) is 11.5 Å². The van der Waals surface area contributed by atoms with E-state index in [9.17, 15) is 9.59 Å². The molecule has 0 aliphatic rings. The molecule has 1 atom stereocenters. The van der Waals surface area contributed by atoms with Crippen LogP contribution < -0.4 is 14.8 Å². The number of hydrogen-bond acceptors (Lipinski definition) is 6. The summed E-state index contributed by atoms with van der Waals surface area (Å²) in [6, 6.07) is 5.21. The SMILES string of the molecule is COCCNC(=O)[C@H](C)OC(=O)/C=C/c1cc(OC)cc(OC)c1. The zero-order valence-electron chi connectivity index (χ0n) is 14.3. The molecule has 0 heterocycles. The molecule has 0 radical (unpaired) electrons. The van der Waals surface area contributed by atoms with E-state index < -0.39 is 12.1 Å². The zero-order valence-corrected chi connectivity index (χ0v) is 14.3. The summed E-state index contributed by atoms with van der Waals surface area (Å²) in [6.07, 6.45) is 1.91. The second-order valence-electron chi connectivity index (χ2n) is 4.84. The number of carbonyl (C=O) groups excluding carboxylic acids is 2. The molecule has 1 N–H and O–H groups in total. The second kappa shape index (κ2) is 10.3. The molecule has 0 saturated carbocycles. The van der Waals surface area contributed by atoms with Crippen LogP contribution in [0.15, 0.2) is 24.3 Å². The lowest BCUT2D eigenvalue weighted by molar-refractivity contribution is -0.150. The average molecular weight is 337 g/mol. The third-order valence-corrected chi connectivity index (χ3v) is 3.05. The maximum atomic E-state index is 11.8. The van der Waals surface area contributed by atoms with Crippen molar-refractivity contribution >= 4 is 18.0 Å². The highest BCUT2D eigenvalue weighted by molar-refractivity contribution is 5.90.